The third-order valence-electron chi connectivity index (χ3n) is 4.52. The zero-order valence-corrected chi connectivity index (χ0v) is 15.2. The van der Waals surface area contributed by atoms with Crippen molar-refractivity contribution in [3.63, 3.8) is 0 Å². The first-order chi connectivity index (χ1) is 12.0. The van der Waals surface area contributed by atoms with Gasteiger partial charge >= 0.3 is 0 Å². The van der Waals surface area contributed by atoms with Crippen LogP contribution in [0.4, 0.5) is 5.82 Å². The van der Waals surface area contributed by atoms with Gasteiger partial charge in [-0.1, -0.05) is 6.07 Å². The van der Waals surface area contributed by atoms with E-state index >= 15 is 0 Å². The van der Waals surface area contributed by atoms with Crippen LogP contribution in [0.2, 0.25) is 0 Å². The molecule has 1 aliphatic rings. The zero-order chi connectivity index (χ0) is 18.0. The average Bonchev–Trinajstić information content (AvgIpc) is 3.10. The number of rotatable bonds is 4. The van der Waals surface area contributed by atoms with E-state index in [1.54, 1.807) is 18.3 Å². The summed E-state index contributed by atoms with van der Waals surface area (Å²) >= 11 is 1.59. The molecule has 3 rings (SSSR count). The molecule has 2 amide bonds. The summed E-state index contributed by atoms with van der Waals surface area (Å²) in [5, 5.41) is 10.3. The van der Waals surface area contributed by atoms with Crippen molar-refractivity contribution in [2.45, 2.75) is 20.3 Å². The van der Waals surface area contributed by atoms with Gasteiger partial charge in [-0.2, -0.15) is 5.10 Å². The number of hydrogen-bond donors (Lipinski definition) is 1. The molecule has 0 radical (unpaired) electrons. The SMILES string of the molecule is Cc1nnc(N2CCN(C(=O)Cc3cccs3)CC2)c(C(N)=O)c1C. The molecule has 0 saturated carbocycles. The van der Waals surface area contributed by atoms with E-state index in [1.165, 1.54) is 0 Å². The van der Waals surface area contributed by atoms with Crippen LogP contribution in [-0.4, -0.2) is 53.1 Å². The number of thiophene rings is 1. The Morgan fingerprint density at radius 1 is 1.20 bits per heavy atom. The minimum Gasteiger partial charge on any atom is -0.365 e. The highest BCUT2D eigenvalue weighted by Crippen LogP contribution is 2.23. The molecule has 0 aromatic carbocycles. The Bertz CT molecular complexity index is 783. The van der Waals surface area contributed by atoms with Gasteiger partial charge in [-0.3, -0.25) is 9.59 Å². The van der Waals surface area contributed by atoms with Crippen molar-refractivity contribution in [2.24, 2.45) is 5.73 Å². The summed E-state index contributed by atoms with van der Waals surface area (Å²) in [5.74, 6) is 0.144. The van der Waals surface area contributed by atoms with Crippen molar-refractivity contribution in [1.29, 1.82) is 0 Å². The third kappa shape index (κ3) is 3.63. The Morgan fingerprint density at radius 3 is 2.52 bits per heavy atom. The van der Waals surface area contributed by atoms with E-state index in [4.69, 9.17) is 5.73 Å². The fourth-order valence-corrected chi connectivity index (χ4v) is 3.65. The fraction of sp³-hybridized carbons (Fsp3) is 0.412. The van der Waals surface area contributed by atoms with Gasteiger partial charge < -0.3 is 15.5 Å². The van der Waals surface area contributed by atoms with Crippen LogP contribution in [0.25, 0.3) is 0 Å². The summed E-state index contributed by atoms with van der Waals surface area (Å²) in [5.41, 5.74) is 7.42. The molecular formula is C17H21N5O2S. The van der Waals surface area contributed by atoms with Gasteiger partial charge in [0, 0.05) is 31.1 Å². The molecule has 7 nitrogen and oxygen atoms in total. The maximum Gasteiger partial charge on any atom is 0.252 e. The van der Waals surface area contributed by atoms with Gasteiger partial charge in [0.1, 0.15) is 0 Å². The lowest BCUT2D eigenvalue weighted by atomic mass is 10.1. The van der Waals surface area contributed by atoms with Crippen LogP contribution in [0.1, 0.15) is 26.5 Å². The molecule has 1 aliphatic heterocycles. The van der Waals surface area contributed by atoms with Crippen molar-refractivity contribution in [3.05, 3.63) is 39.2 Å². The molecule has 2 aromatic rings. The Balaban J connectivity index is 1.69. The van der Waals surface area contributed by atoms with Crippen LogP contribution in [0.15, 0.2) is 17.5 Å². The van der Waals surface area contributed by atoms with E-state index in [1.807, 2.05) is 34.2 Å². The lowest BCUT2D eigenvalue weighted by Gasteiger charge is -2.36. The summed E-state index contributed by atoms with van der Waals surface area (Å²) in [6, 6.07) is 3.93. The summed E-state index contributed by atoms with van der Waals surface area (Å²) in [6.07, 6.45) is 0.438. The highest BCUT2D eigenvalue weighted by molar-refractivity contribution is 7.10. The molecule has 0 aliphatic carbocycles. The lowest BCUT2D eigenvalue weighted by Crippen LogP contribution is -2.50. The number of anilines is 1. The second-order valence-electron chi connectivity index (χ2n) is 6.10. The topological polar surface area (TPSA) is 92.4 Å². The largest absolute Gasteiger partial charge is 0.365 e. The van der Waals surface area contributed by atoms with Crippen LogP contribution < -0.4 is 10.6 Å². The molecule has 2 N–H and O–H groups in total. The first-order valence-electron chi connectivity index (χ1n) is 8.16. The molecule has 8 heteroatoms. The third-order valence-corrected chi connectivity index (χ3v) is 5.40. The predicted molar refractivity (Wildman–Crippen MR) is 96.8 cm³/mol. The fourth-order valence-electron chi connectivity index (χ4n) is 2.95. The number of aryl methyl sites for hydroxylation is 1. The number of carbonyl (C=O) groups is 2. The van der Waals surface area contributed by atoms with Gasteiger partial charge in [0.05, 0.1) is 17.7 Å². The molecule has 3 heterocycles. The first-order valence-corrected chi connectivity index (χ1v) is 9.04. The number of hydrogen-bond acceptors (Lipinski definition) is 6. The van der Waals surface area contributed by atoms with E-state index in [0.717, 1.165) is 10.4 Å². The summed E-state index contributed by atoms with van der Waals surface area (Å²) in [7, 11) is 0. The smallest absolute Gasteiger partial charge is 0.252 e. The Morgan fingerprint density at radius 2 is 1.92 bits per heavy atom. The molecule has 1 fully saturated rings. The molecule has 1 saturated heterocycles. The maximum atomic E-state index is 12.4. The molecule has 0 bridgehead atoms. The number of aromatic nitrogens is 2. The molecule has 0 unspecified atom stereocenters. The minimum absolute atomic E-state index is 0.128. The van der Waals surface area contributed by atoms with Gasteiger partial charge in [0.15, 0.2) is 5.82 Å². The summed E-state index contributed by atoms with van der Waals surface area (Å²) < 4.78 is 0. The standard InChI is InChI=1S/C17H21N5O2S/c1-11-12(2)19-20-17(15(11)16(18)24)22-7-5-21(6-8-22)14(23)10-13-4-3-9-25-13/h3-4,9H,5-8,10H2,1-2H3,(H2,18,24). The number of nitrogens with two attached hydrogens (primary N) is 1. The van der Waals surface area contributed by atoms with Crippen LogP contribution in [-0.2, 0) is 11.2 Å². The summed E-state index contributed by atoms with van der Waals surface area (Å²) in [4.78, 5) is 29.2. The zero-order valence-electron chi connectivity index (χ0n) is 14.4. The van der Waals surface area contributed by atoms with Gasteiger partial charge in [-0.25, -0.2) is 0 Å². The maximum absolute atomic E-state index is 12.4. The number of primary amides is 1. The second-order valence-corrected chi connectivity index (χ2v) is 7.13. The highest BCUT2D eigenvalue weighted by Gasteiger charge is 2.26. The highest BCUT2D eigenvalue weighted by atomic mass is 32.1. The average molecular weight is 359 g/mol. The molecular weight excluding hydrogens is 338 g/mol. The van der Waals surface area contributed by atoms with Crippen molar-refractivity contribution < 1.29 is 9.59 Å². The van der Waals surface area contributed by atoms with Crippen molar-refractivity contribution in [2.75, 3.05) is 31.1 Å². The van der Waals surface area contributed by atoms with E-state index in [-0.39, 0.29) is 5.91 Å². The molecule has 2 aromatic heterocycles. The van der Waals surface area contributed by atoms with Crippen molar-refractivity contribution >= 4 is 29.0 Å². The van der Waals surface area contributed by atoms with E-state index in [9.17, 15) is 9.59 Å². The quantitative estimate of drug-likeness (QED) is 0.884. The van der Waals surface area contributed by atoms with Crippen LogP contribution in [0, 0.1) is 13.8 Å². The molecule has 132 valence electrons. The second kappa shape index (κ2) is 7.18. The van der Waals surface area contributed by atoms with Crippen molar-refractivity contribution in [1.82, 2.24) is 15.1 Å². The summed E-state index contributed by atoms with van der Waals surface area (Å²) in [6.45, 7) is 6.03. The number of amides is 2. The minimum atomic E-state index is -0.498. The Labute approximate surface area is 150 Å². The first kappa shape index (κ1) is 17.3. The molecule has 0 spiro atoms. The normalized spacial score (nSPS) is 14.6. The Kier molecular flexibility index (Phi) is 4.98. The lowest BCUT2D eigenvalue weighted by molar-refractivity contribution is -0.130. The van der Waals surface area contributed by atoms with Crippen LogP contribution in [0.3, 0.4) is 0 Å². The van der Waals surface area contributed by atoms with Crippen LogP contribution in [0.5, 0.6) is 0 Å². The van der Waals surface area contributed by atoms with E-state index < -0.39 is 5.91 Å². The number of piperazine rings is 1. The monoisotopic (exact) mass is 359 g/mol. The Hall–Kier alpha value is -2.48. The van der Waals surface area contributed by atoms with Gasteiger partial charge in [-0.15, -0.1) is 16.4 Å². The number of nitrogens with zero attached hydrogens (tertiary/aromatic N) is 4. The van der Waals surface area contributed by atoms with E-state index in [0.29, 0.717) is 49.7 Å². The molecule has 0 atom stereocenters. The molecule has 25 heavy (non-hydrogen) atoms. The van der Waals surface area contributed by atoms with Crippen LogP contribution >= 0.6 is 11.3 Å². The van der Waals surface area contributed by atoms with Crippen molar-refractivity contribution in [3.8, 4) is 0 Å². The van der Waals surface area contributed by atoms with Gasteiger partial charge in [-0.05, 0) is 30.9 Å². The van der Waals surface area contributed by atoms with E-state index in [2.05, 4.69) is 10.2 Å². The van der Waals surface area contributed by atoms with Gasteiger partial charge in [0.2, 0.25) is 5.91 Å². The van der Waals surface area contributed by atoms with Gasteiger partial charge in [0.25, 0.3) is 5.91 Å². The number of carbonyl (C=O) groups excluding carboxylic acids is 2. The predicted octanol–water partition coefficient (Wildman–Crippen LogP) is 1.15.